The molecular weight excluding hydrogens is 554 g/mol. The lowest BCUT2D eigenvalue weighted by atomic mass is 9.84. The number of rotatable bonds is 7. The molecule has 0 aliphatic carbocycles. The van der Waals surface area contributed by atoms with Crippen LogP contribution < -0.4 is 9.47 Å². The smallest absolute Gasteiger partial charge is 0.230 e. The molecule has 0 spiro atoms. The van der Waals surface area contributed by atoms with Gasteiger partial charge in [-0.3, -0.25) is 0 Å². The lowest BCUT2D eigenvalue weighted by Crippen LogP contribution is -2.16. The molecule has 10 nitrogen and oxygen atoms in total. The van der Waals surface area contributed by atoms with Crippen LogP contribution in [0.4, 0.5) is 0 Å². The van der Waals surface area contributed by atoms with E-state index in [1.54, 1.807) is 30.2 Å². The van der Waals surface area contributed by atoms with Gasteiger partial charge in [-0.15, -0.1) is 5.10 Å². The summed E-state index contributed by atoms with van der Waals surface area (Å²) in [7, 11) is 1.66. The van der Waals surface area contributed by atoms with Crippen molar-refractivity contribution in [2.24, 2.45) is 5.16 Å². The predicted octanol–water partition coefficient (Wildman–Crippen LogP) is 6.12. The Hall–Kier alpha value is -5.22. The third-order valence-electron chi connectivity index (χ3n) is 7.08. The Morgan fingerprint density at radius 2 is 1.76 bits per heavy atom. The van der Waals surface area contributed by atoms with Gasteiger partial charge in [0.05, 0.1) is 41.8 Å². The number of nitrogens with zero attached hydrogens (tertiary/aromatic N) is 7. The van der Waals surface area contributed by atoms with Gasteiger partial charge in [-0.25, -0.2) is 19.2 Å². The van der Waals surface area contributed by atoms with Crippen LogP contribution in [0.2, 0.25) is 5.02 Å². The molecule has 208 valence electrons. The van der Waals surface area contributed by atoms with Gasteiger partial charge in [-0.2, -0.15) is 5.10 Å². The minimum absolute atomic E-state index is 0.0494. The van der Waals surface area contributed by atoms with Crippen molar-refractivity contribution in [2.45, 2.75) is 19.4 Å². The molecule has 3 aromatic heterocycles. The molecule has 0 saturated heterocycles. The van der Waals surface area contributed by atoms with Gasteiger partial charge in [0, 0.05) is 16.1 Å². The zero-order valence-corrected chi connectivity index (χ0v) is 23.4. The largest absolute Gasteiger partial charge is 0.496 e. The van der Waals surface area contributed by atoms with E-state index >= 15 is 0 Å². The number of aryl methyl sites for hydroxylation is 1. The van der Waals surface area contributed by atoms with Crippen molar-refractivity contribution >= 4 is 23.5 Å². The molecule has 0 saturated carbocycles. The zero-order chi connectivity index (χ0) is 28.6. The normalized spacial score (nSPS) is 14.0. The zero-order valence-electron chi connectivity index (χ0n) is 22.7. The first-order valence-electron chi connectivity index (χ1n) is 13.2. The second kappa shape index (κ2) is 10.6. The van der Waals surface area contributed by atoms with Crippen molar-refractivity contribution in [3.8, 4) is 23.2 Å². The molecule has 0 radical (unpaired) electrons. The number of hydrogen-bond acceptors (Lipinski definition) is 8. The van der Waals surface area contributed by atoms with Gasteiger partial charge in [0.1, 0.15) is 12.1 Å². The summed E-state index contributed by atoms with van der Waals surface area (Å²) >= 11 is 6.20. The highest BCUT2D eigenvalue weighted by molar-refractivity contribution is 6.33. The third-order valence-corrected chi connectivity index (χ3v) is 7.42. The monoisotopic (exact) mass is 577 g/mol. The second-order valence-corrected chi connectivity index (χ2v) is 10.0. The van der Waals surface area contributed by atoms with Crippen LogP contribution in [0, 0.1) is 6.92 Å². The number of aromatic nitrogens is 6. The lowest BCUT2D eigenvalue weighted by molar-refractivity contribution is 0.126. The highest BCUT2D eigenvalue weighted by Gasteiger charge is 2.39. The minimum atomic E-state index is -0.343. The quantitative estimate of drug-likeness (QED) is 0.166. The van der Waals surface area contributed by atoms with Crippen LogP contribution in [0.25, 0.3) is 11.3 Å². The first kappa shape index (κ1) is 25.7. The Kier molecular flexibility index (Phi) is 6.52. The number of benzene rings is 3. The first-order chi connectivity index (χ1) is 20.6. The number of fused-ring (bicyclic) bond motifs is 4. The summed E-state index contributed by atoms with van der Waals surface area (Å²) in [6.07, 6.45) is 3.14. The summed E-state index contributed by atoms with van der Waals surface area (Å²) in [4.78, 5) is 15.0. The van der Waals surface area contributed by atoms with Crippen LogP contribution in [0.5, 0.6) is 17.5 Å². The number of hydrogen-bond donors (Lipinski definition) is 0. The van der Waals surface area contributed by atoms with Crippen molar-refractivity contribution < 1.29 is 14.3 Å². The van der Waals surface area contributed by atoms with Crippen LogP contribution in [0.1, 0.15) is 39.7 Å². The Morgan fingerprint density at radius 3 is 2.60 bits per heavy atom. The molecule has 0 bridgehead atoms. The predicted molar refractivity (Wildman–Crippen MR) is 157 cm³/mol. The van der Waals surface area contributed by atoms with Gasteiger partial charge in [-0.1, -0.05) is 71.4 Å². The number of halogens is 1. The van der Waals surface area contributed by atoms with Crippen LogP contribution in [-0.4, -0.2) is 42.7 Å². The van der Waals surface area contributed by atoms with E-state index in [4.69, 9.17) is 36.0 Å². The number of para-hydroxylation sites is 2. The van der Waals surface area contributed by atoms with Crippen molar-refractivity contribution in [3.05, 3.63) is 124 Å². The van der Waals surface area contributed by atoms with E-state index in [0.29, 0.717) is 28.3 Å². The van der Waals surface area contributed by atoms with E-state index in [1.807, 2.05) is 84.4 Å². The highest BCUT2D eigenvalue weighted by Crippen LogP contribution is 2.51. The molecule has 1 atom stereocenters. The Balaban J connectivity index is 1.32. The van der Waals surface area contributed by atoms with Gasteiger partial charge >= 0.3 is 0 Å². The molecule has 3 aromatic carbocycles. The summed E-state index contributed by atoms with van der Waals surface area (Å²) in [5, 5.41) is 14.1. The van der Waals surface area contributed by atoms with Crippen molar-refractivity contribution in [1.29, 1.82) is 0 Å². The van der Waals surface area contributed by atoms with E-state index in [2.05, 4.69) is 15.2 Å². The Morgan fingerprint density at radius 1 is 0.976 bits per heavy atom. The van der Waals surface area contributed by atoms with Crippen LogP contribution in [0.15, 0.2) is 90.3 Å². The summed E-state index contributed by atoms with van der Waals surface area (Å²) in [6.45, 7) is 2.02. The van der Waals surface area contributed by atoms with Gasteiger partial charge in [0.2, 0.25) is 11.8 Å². The lowest BCUT2D eigenvalue weighted by Gasteiger charge is -2.27. The molecule has 1 aliphatic heterocycles. The molecule has 0 fully saturated rings. The molecule has 4 heterocycles. The molecule has 0 N–H and O–H groups in total. The van der Waals surface area contributed by atoms with Gasteiger partial charge in [0.25, 0.3) is 0 Å². The minimum Gasteiger partial charge on any atom is -0.496 e. The molecule has 1 aliphatic rings. The van der Waals surface area contributed by atoms with Gasteiger partial charge < -0.3 is 14.3 Å². The average Bonchev–Trinajstić information content (AvgIpc) is 3.60. The topological polar surface area (TPSA) is 101 Å². The van der Waals surface area contributed by atoms with Crippen LogP contribution >= 0.6 is 11.6 Å². The second-order valence-electron chi connectivity index (χ2n) is 9.62. The third kappa shape index (κ3) is 4.42. The maximum absolute atomic E-state index is 6.49. The summed E-state index contributed by atoms with van der Waals surface area (Å²) in [5.74, 6) is 1.83. The van der Waals surface area contributed by atoms with Crippen molar-refractivity contribution in [1.82, 2.24) is 29.4 Å². The molecule has 0 amide bonds. The molecule has 42 heavy (non-hydrogen) atoms. The fourth-order valence-electron chi connectivity index (χ4n) is 5.21. The standard InChI is InChI=1S/C31H24ClN7O3/c1-19-26-27(22-13-7-9-15-24(22)40-2)28-29-35-25(17-41-34-16-20-10-6-8-14-23(20)32)37-38(29)18-33-30(28)42-31(26)39(36-19)21-11-4-3-5-12-21/h3-16,18,27H,17H2,1-2H3/b34-16-/t27-/m0/s1. The van der Waals surface area contributed by atoms with E-state index in [1.165, 1.54) is 0 Å². The maximum Gasteiger partial charge on any atom is 0.230 e. The average molecular weight is 578 g/mol. The first-order valence-corrected chi connectivity index (χ1v) is 13.6. The van der Waals surface area contributed by atoms with Crippen LogP contribution in [0.3, 0.4) is 0 Å². The maximum atomic E-state index is 6.49. The summed E-state index contributed by atoms with van der Waals surface area (Å²) < 4.78 is 15.7. The van der Waals surface area contributed by atoms with Crippen molar-refractivity contribution in [3.63, 3.8) is 0 Å². The van der Waals surface area contributed by atoms with E-state index in [0.717, 1.165) is 39.4 Å². The molecule has 11 heteroatoms. The number of ether oxygens (including phenoxy) is 2. The Labute approximate surface area is 245 Å². The molecule has 0 unspecified atom stereocenters. The number of oxime groups is 1. The Bertz CT molecular complexity index is 1950. The summed E-state index contributed by atoms with van der Waals surface area (Å²) in [5.41, 5.74) is 5.61. The fourth-order valence-corrected chi connectivity index (χ4v) is 5.40. The fraction of sp³-hybridized carbons (Fsp3) is 0.129. The SMILES string of the molecule is COc1ccccc1[C@H]1c2c(C)nn(-c3ccccc3)c2Oc2ncn3nc(CO/N=C\c4ccccc4Cl)nc3c21. The molecule has 7 rings (SSSR count). The highest BCUT2D eigenvalue weighted by atomic mass is 35.5. The van der Waals surface area contributed by atoms with E-state index in [9.17, 15) is 0 Å². The molecular formula is C31H24ClN7O3. The molecule has 6 aromatic rings. The number of methoxy groups -OCH3 is 1. The van der Waals surface area contributed by atoms with Crippen LogP contribution in [-0.2, 0) is 11.4 Å². The van der Waals surface area contributed by atoms with Crippen molar-refractivity contribution in [2.75, 3.05) is 7.11 Å². The van der Waals surface area contributed by atoms with E-state index in [-0.39, 0.29) is 12.5 Å². The summed E-state index contributed by atoms with van der Waals surface area (Å²) in [6, 6.07) is 25.1. The van der Waals surface area contributed by atoms with Gasteiger partial charge in [-0.05, 0) is 31.2 Å². The van der Waals surface area contributed by atoms with Gasteiger partial charge in [0.15, 0.2) is 18.1 Å². The van der Waals surface area contributed by atoms with E-state index < -0.39 is 0 Å².